The van der Waals surface area contributed by atoms with Gasteiger partial charge in [0, 0.05) is 11.1 Å². The minimum atomic E-state index is -0.256. The maximum absolute atomic E-state index is 12.6. The van der Waals surface area contributed by atoms with Crippen LogP contribution in [0.4, 0.5) is 10.1 Å². The van der Waals surface area contributed by atoms with E-state index in [1.165, 1.54) is 23.5 Å². The van der Waals surface area contributed by atoms with Crippen molar-refractivity contribution < 1.29 is 4.39 Å². The van der Waals surface area contributed by atoms with Crippen LogP contribution in [-0.2, 0) is 0 Å². The topological polar surface area (TPSA) is 12.4 Å². The van der Waals surface area contributed by atoms with Crippen LogP contribution in [-0.4, -0.2) is 6.21 Å². The van der Waals surface area contributed by atoms with E-state index in [-0.39, 0.29) is 5.82 Å². The first-order valence-corrected chi connectivity index (χ1v) is 5.48. The molecular weight excluding hydrogens is 233 g/mol. The molecule has 76 valence electrons. The lowest BCUT2D eigenvalue weighted by Crippen LogP contribution is -1.73. The Morgan fingerprint density at radius 2 is 1.87 bits per heavy atom. The van der Waals surface area contributed by atoms with Crippen molar-refractivity contribution in [2.24, 2.45) is 4.99 Å². The first-order chi connectivity index (χ1) is 7.24. The molecule has 1 heterocycles. The number of hydrogen-bond donors (Lipinski definition) is 0. The van der Waals surface area contributed by atoms with Gasteiger partial charge in [-0.2, -0.15) is 0 Å². The summed E-state index contributed by atoms with van der Waals surface area (Å²) < 4.78 is 13.3. The number of nitrogens with zero attached hydrogens (tertiary/aromatic N) is 1. The van der Waals surface area contributed by atoms with Gasteiger partial charge in [0.05, 0.1) is 10.0 Å². The van der Waals surface area contributed by atoms with Crippen molar-refractivity contribution in [3.8, 4) is 0 Å². The SMILES string of the molecule is Fc1ccc(N=Cc2ccc(Cl)s2)cc1. The van der Waals surface area contributed by atoms with E-state index in [9.17, 15) is 4.39 Å². The minimum absolute atomic E-state index is 0.256. The number of aliphatic imine (C=N–C) groups is 1. The van der Waals surface area contributed by atoms with Gasteiger partial charge in [0.25, 0.3) is 0 Å². The van der Waals surface area contributed by atoms with Gasteiger partial charge in [-0.3, -0.25) is 4.99 Å². The predicted molar refractivity (Wildman–Crippen MR) is 63.0 cm³/mol. The second-order valence-electron chi connectivity index (χ2n) is 2.88. The zero-order valence-corrected chi connectivity index (χ0v) is 9.23. The van der Waals surface area contributed by atoms with Gasteiger partial charge in [0.2, 0.25) is 0 Å². The van der Waals surface area contributed by atoms with Gasteiger partial charge in [-0.1, -0.05) is 11.6 Å². The molecule has 0 fully saturated rings. The lowest BCUT2D eigenvalue weighted by Gasteiger charge is -1.91. The Kier molecular flexibility index (Phi) is 3.14. The molecule has 0 atom stereocenters. The van der Waals surface area contributed by atoms with Crippen molar-refractivity contribution in [1.29, 1.82) is 0 Å². The highest BCUT2D eigenvalue weighted by Crippen LogP contribution is 2.20. The predicted octanol–water partition coefficient (Wildman–Crippen LogP) is 4.29. The van der Waals surface area contributed by atoms with Gasteiger partial charge in [0.15, 0.2) is 0 Å². The molecule has 0 radical (unpaired) electrons. The van der Waals surface area contributed by atoms with E-state index in [0.29, 0.717) is 0 Å². The molecule has 1 aromatic carbocycles. The van der Waals surface area contributed by atoms with Gasteiger partial charge >= 0.3 is 0 Å². The fraction of sp³-hybridized carbons (Fsp3) is 0. The highest BCUT2D eigenvalue weighted by Gasteiger charge is 1.94. The first-order valence-electron chi connectivity index (χ1n) is 4.29. The zero-order valence-electron chi connectivity index (χ0n) is 7.65. The summed E-state index contributed by atoms with van der Waals surface area (Å²) in [7, 11) is 0. The van der Waals surface area contributed by atoms with E-state index >= 15 is 0 Å². The fourth-order valence-corrected chi connectivity index (χ4v) is 2.00. The number of halogens is 2. The second-order valence-corrected chi connectivity index (χ2v) is 4.62. The largest absolute Gasteiger partial charge is 0.255 e. The fourth-order valence-electron chi connectivity index (χ4n) is 1.06. The van der Waals surface area contributed by atoms with Crippen LogP contribution in [0.3, 0.4) is 0 Å². The quantitative estimate of drug-likeness (QED) is 0.694. The summed E-state index contributed by atoms with van der Waals surface area (Å²) in [6, 6.07) is 9.72. The molecule has 0 saturated carbocycles. The molecule has 2 aromatic rings. The van der Waals surface area contributed by atoms with E-state index in [4.69, 9.17) is 11.6 Å². The third-order valence-electron chi connectivity index (χ3n) is 1.76. The van der Waals surface area contributed by atoms with E-state index in [1.54, 1.807) is 18.3 Å². The van der Waals surface area contributed by atoms with Crippen molar-refractivity contribution in [1.82, 2.24) is 0 Å². The van der Waals surface area contributed by atoms with Crippen molar-refractivity contribution in [3.05, 3.63) is 51.4 Å². The molecule has 0 bridgehead atoms. The molecule has 0 saturated heterocycles. The molecular formula is C11H7ClFNS. The van der Waals surface area contributed by atoms with E-state index in [2.05, 4.69) is 4.99 Å². The molecule has 0 N–H and O–H groups in total. The second kappa shape index (κ2) is 4.55. The molecule has 1 aromatic heterocycles. The van der Waals surface area contributed by atoms with Crippen LogP contribution in [0.1, 0.15) is 4.88 Å². The summed E-state index contributed by atoms with van der Waals surface area (Å²) in [5, 5.41) is 0. The molecule has 4 heteroatoms. The first kappa shape index (κ1) is 10.3. The lowest BCUT2D eigenvalue weighted by molar-refractivity contribution is 0.628. The number of thiophene rings is 1. The van der Waals surface area contributed by atoms with Gasteiger partial charge in [-0.25, -0.2) is 4.39 Å². The van der Waals surface area contributed by atoms with E-state index in [1.807, 2.05) is 12.1 Å². The Hall–Kier alpha value is -1.19. The third-order valence-corrected chi connectivity index (χ3v) is 2.93. The molecule has 0 spiro atoms. The zero-order chi connectivity index (χ0) is 10.7. The Bertz CT molecular complexity index is 476. The molecule has 0 amide bonds. The molecule has 0 unspecified atom stereocenters. The summed E-state index contributed by atoms with van der Waals surface area (Å²) in [6.07, 6.45) is 1.71. The van der Waals surface area contributed by atoms with Gasteiger partial charge in [-0.15, -0.1) is 11.3 Å². The van der Waals surface area contributed by atoms with Crippen LogP contribution in [0.2, 0.25) is 4.34 Å². The van der Waals surface area contributed by atoms with Crippen molar-refractivity contribution >= 4 is 34.8 Å². The number of rotatable bonds is 2. The van der Waals surface area contributed by atoms with Crippen LogP contribution in [0.5, 0.6) is 0 Å². The molecule has 0 aliphatic rings. The smallest absolute Gasteiger partial charge is 0.123 e. The highest BCUT2D eigenvalue weighted by molar-refractivity contribution is 7.17. The van der Waals surface area contributed by atoms with Crippen LogP contribution >= 0.6 is 22.9 Å². The Labute approximate surface area is 95.9 Å². The van der Waals surface area contributed by atoms with Crippen molar-refractivity contribution in [2.45, 2.75) is 0 Å². The monoisotopic (exact) mass is 239 g/mol. The van der Waals surface area contributed by atoms with Crippen molar-refractivity contribution in [3.63, 3.8) is 0 Å². The maximum Gasteiger partial charge on any atom is 0.123 e. The Balaban J connectivity index is 2.14. The molecule has 2 rings (SSSR count). The standard InChI is InChI=1S/C11H7ClFNS/c12-11-6-5-10(15-11)7-14-9-3-1-8(13)2-4-9/h1-7H. The normalized spacial score (nSPS) is 11.1. The summed E-state index contributed by atoms with van der Waals surface area (Å²) in [5.41, 5.74) is 0.723. The summed E-state index contributed by atoms with van der Waals surface area (Å²) >= 11 is 7.22. The maximum atomic E-state index is 12.6. The minimum Gasteiger partial charge on any atom is -0.255 e. The Morgan fingerprint density at radius 3 is 2.47 bits per heavy atom. The lowest BCUT2D eigenvalue weighted by atomic mass is 10.3. The molecule has 15 heavy (non-hydrogen) atoms. The Morgan fingerprint density at radius 1 is 1.13 bits per heavy atom. The molecule has 0 aliphatic heterocycles. The van der Waals surface area contributed by atoms with Gasteiger partial charge in [0.1, 0.15) is 5.82 Å². The van der Waals surface area contributed by atoms with Gasteiger partial charge < -0.3 is 0 Å². The van der Waals surface area contributed by atoms with E-state index < -0.39 is 0 Å². The average Bonchev–Trinajstić information content (AvgIpc) is 2.64. The highest BCUT2D eigenvalue weighted by atomic mass is 35.5. The average molecular weight is 240 g/mol. The summed E-state index contributed by atoms with van der Waals surface area (Å²) in [5.74, 6) is -0.256. The number of benzene rings is 1. The molecule has 0 aliphatic carbocycles. The summed E-state index contributed by atoms with van der Waals surface area (Å²) in [4.78, 5) is 5.17. The van der Waals surface area contributed by atoms with Crippen LogP contribution in [0.25, 0.3) is 0 Å². The summed E-state index contributed by atoms with van der Waals surface area (Å²) in [6.45, 7) is 0. The van der Waals surface area contributed by atoms with Crippen LogP contribution in [0.15, 0.2) is 41.4 Å². The van der Waals surface area contributed by atoms with E-state index in [0.717, 1.165) is 14.9 Å². The van der Waals surface area contributed by atoms with Crippen LogP contribution in [0, 0.1) is 5.82 Å². The third kappa shape index (κ3) is 2.88. The van der Waals surface area contributed by atoms with Crippen LogP contribution < -0.4 is 0 Å². The van der Waals surface area contributed by atoms with Gasteiger partial charge in [-0.05, 0) is 36.4 Å². The molecule has 1 nitrogen and oxygen atoms in total. The number of hydrogen-bond acceptors (Lipinski definition) is 2. The van der Waals surface area contributed by atoms with Crippen molar-refractivity contribution in [2.75, 3.05) is 0 Å².